The lowest BCUT2D eigenvalue weighted by Gasteiger charge is -2.06. The molecule has 1 amide bonds. The first-order chi connectivity index (χ1) is 12.2. The number of amides is 1. The van der Waals surface area contributed by atoms with Crippen LogP contribution >= 0.6 is 11.6 Å². The van der Waals surface area contributed by atoms with Gasteiger partial charge in [0.05, 0.1) is 16.9 Å². The molecule has 0 atom stereocenters. The minimum Gasteiger partial charge on any atom is -0.302 e. The van der Waals surface area contributed by atoms with E-state index < -0.39 is 5.91 Å². The van der Waals surface area contributed by atoms with E-state index in [1.54, 1.807) is 35.0 Å². The predicted octanol–water partition coefficient (Wildman–Crippen LogP) is 3.09. The molecular weight excluding hydrogens is 340 g/mol. The lowest BCUT2D eigenvalue weighted by atomic mass is 10.2. The summed E-state index contributed by atoms with van der Waals surface area (Å²) in [6.45, 7) is 0. The Morgan fingerprint density at radius 2 is 1.80 bits per heavy atom. The maximum Gasteiger partial charge on any atom is 0.294 e. The Morgan fingerprint density at radius 3 is 2.60 bits per heavy atom. The molecule has 1 aromatic carbocycles. The molecule has 3 heterocycles. The number of carbonyl (C=O) groups is 1. The van der Waals surface area contributed by atoms with E-state index in [9.17, 15) is 4.79 Å². The number of carbonyl (C=O) groups excluding carboxylic acids is 1. The van der Waals surface area contributed by atoms with Crippen molar-refractivity contribution in [3.63, 3.8) is 0 Å². The van der Waals surface area contributed by atoms with E-state index in [1.165, 1.54) is 12.4 Å². The van der Waals surface area contributed by atoms with Crippen LogP contribution in [-0.4, -0.2) is 30.5 Å². The highest BCUT2D eigenvalue weighted by atomic mass is 35.5. The average molecular weight is 351 g/mol. The number of anilines is 1. The molecular formula is C17H11ClN6O. The number of aromatic nitrogens is 5. The summed E-state index contributed by atoms with van der Waals surface area (Å²) in [7, 11) is 0. The van der Waals surface area contributed by atoms with Gasteiger partial charge in [-0.25, -0.2) is 19.5 Å². The molecule has 0 spiro atoms. The number of fused-ring (bicyclic) bond motifs is 1. The lowest BCUT2D eigenvalue weighted by molar-refractivity contribution is 0.101. The predicted molar refractivity (Wildman–Crippen MR) is 93.4 cm³/mol. The van der Waals surface area contributed by atoms with Gasteiger partial charge in [-0.3, -0.25) is 4.79 Å². The maximum atomic E-state index is 12.2. The van der Waals surface area contributed by atoms with Gasteiger partial charge in [0, 0.05) is 18.0 Å². The van der Waals surface area contributed by atoms with Crippen LogP contribution in [0.3, 0.4) is 0 Å². The van der Waals surface area contributed by atoms with Crippen LogP contribution in [0, 0.1) is 0 Å². The second-order valence-corrected chi connectivity index (χ2v) is 5.55. The molecule has 0 unspecified atom stereocenters. The number of hydrogen-bond donors (Lipinski definition) is 1. The fraction of sp³-hybridized carbons (Fsp3) is 0. The number of imidazole rings is 1. The topological polar surface area (TPSA) is 85.1 Å². The third kappa shape index (κ3) is 2.92. The Labute approximate surface area is 147 Å². The van der Waals surface area contributed by atoms with Crippen molar-refractivity contribution in [2.45, 2.75) is 0 Å². The summed E-state index contributed by atoms with van der Waals surface area (Å²) in [6.07, 6.45) is 4.70. The Hall–Kier alpha value is -3.32. The van der Waals surface area contributed by atoms with E-state index in [2.05, 4.69) is 25.4 Å². The molecule has 0 aliphatic rings. The van der Waals surface area contributed by atoms with E-state index in [4.69, 9.17) is 11.6 Å². The molecule has 4 aromatic rings. The summed E-state index contributed by atoms with van der Waals surface area (Å²) < 4.78 is 1.63. The van der Waals surface area contributed by atoms with Gasteiger partial charge in [-0.15, -0.1) is 5.10 Å². The number of nitrogens with zero attached hydrogens (tertiary/aromatic N) is 5. The lowest BCUT2D eigenvalue weighted by Crippen LogP contribution is -2.16. The molecule has 7 nitrogen and oxygen atoms in total. The van der Waals surface area contributed by atoms with Crippen molar-refractivity contribution >= 4 is 29.0 Å². The molecule has 3 aromatic heterocycles. The van der Waals surface area contributed by atoms with Crippen LogP contribution in [0.4, 0.5) is 5.82 Å². The summed E-state index contributed by atoms with van der Waals surface area (Å²) in [5.41, 5.74) is 2.18. The zero-order valence-corrected chi connectivity index (χ0v) is 13.6. The first kappa shape index (κ1) is 15.2. The minimum absolute atomic E-state index is 0.0707. The third-order valence-electron chi connectivity index (χ3n) is 3.52. The highest BCUT2D eigenvalue weighted by molar-refractivity contribution is 6.33. The van der Waals surface area contributed by atoms with Crippen LogP contribution < -0.4 is 5.32 Å². The number of benzene rings is 1. The van der Waals surface area contributed by atoms with Crippen molar-refractivity contribution in [1.82, 2.24) is 24.6 Å². The van der Waals surface area contributed by atoms with Crippen LogP contribution in [-0.2, 0) is 0 Å². The van der Waals surface area contributed by atoms with Gasteiger partial charge in [0.25, 0.3) is 5.91 Å². The molecule has 8 heteroatoms. The summed E-state index contributed by atoms with van der Waals surface area (Å²) >= 11 is 6.27. The van der Waals surface area contributed by atoms with Crippen molar-refractivity contribution in [3.8, 4) is 11.3 Å². The first-order valence-corrected chi connectivity index (χ1v) is 7.78. The quantitative estimate of drug-likeness (QED) is 0.613. The second kappa shape index (κ2) is 6.29. The largest absolute Gasteiger partial charge is 0.302 e. The molecule has 0 fully saturated rings. The van der Waals surface area contributed by atoms with Gasteiger partial charge in [0.2, 0.25) is 5.82 Å². The zero-order valence-electron chi connectivity index (χ0n) is 12.8. The summed E-state index contributed by atoms with van der Waals surface area (Å²) in [5, 5.41) is 7.70. The molecule has 0 bridgehead atoms. The highest BCUT2D eigenvalue weighted by Gasteiger charge is 2.13. The van der Waals surface area contributed by atoms with Crippen molar-refractivity contribution in [1.29, 1.82) is 0 Å². The molecule has 0 saturated carbocycles. The fourth-order valence-corrected chi connectivity index (χ4v) is 2.61. The van der Waals surface area contributed by atoms with Gasteiger partial charge in [-0.1, -0.05) is 29.8 Å². The average Bonchev–Trinajstić information content (AvgIpc) is 3.06. The molecule has 0 aliphatic heterocycles. The standard InChI is InChI=1S/C17H11ClN6O/c18-12-5-2-1-4-11(12)13-10-21-15-7-6-14(23-24(13)15)22-17(25)16-19-8-3-9-20-16/h1-10H,(H,22,23,25). The Kier molecular flexibility index (Phi) is 3.83. The second-order valence-electron chi connectivity index (χ2n) is 5.14. The molecule has 0 saturated heterocycles. The zero-order chi connectivity index (χ0) is 17.2. The highest BCUT2D eigenvalue weighted by Crippen LogP contribution is 2.27. The number of halogens is 1. The van der Waals surface area contributed by atoms with E-state index in [1.807, 2.05) is 18.2 Å². The van der Waals surface area contributed by atoms with Gasteiger partial charge in [-0.2, -0.15) is 0 Å². The van der Waals surface area contributed by atoms with Crippen LogP contribution in [0.5, 0.6) is 0 Å². The number of nitrogens with one attached hydrogen (secondary N) is 1. The van der Waals surface area contributed by atoms with Crippen molar-refractivity contribution in [2.24, 2.45) is 0 Å². The molecule has 0 radical (unpaired) electrons. The summed E-state index contributed by atoms with van der Waals surface area (Å²) in [5.74, 6) is -0.00975. The first-order valence-electron chi connectivity index (χ1n) is 7.40. The van der Waals surface area contributed by atoms with E-state index in [-0.39, 0.29) is 5.82 Å². The van der Waals surface area contributed by atoms with Crippen molar-refractivity contribution < 1.29 is 4.79 Å². The number of hydrogen-bond acceptors (Lipinski definition) is 5. The smallest absolute Gasteiger partial charge is 0.294 e. The van der Waals surface area contributed by atoms with Crippen molar-refractivity contribution in [3.05, 3.63) is 71.9 Å². The van der Waals surface area contributed by atoms with Crippen LogP contribution in [0.15, 0.2) is 61.1 Å². The normalized spacial score (nSPS) is 10.8. The summed E-state index contributed by atoms with van der Waals surface area (Å²) in [4.78, 5) is 24.3. The van der Waals surface area contributed by atoms with E-state index >= 15 is 0 Å². The van der Waals surface area contributed by atoms with Crippen molar-refractivity contribution in [2.75, 3.05) is 5.32 Å². The third-order valence-corrected chi connectivity index (χ3v) is 3.85. The Balaban J connectivity index is 1.72. The van der Waals surface area contributed by atoms with Crippen LogP contribution in [0.2, 0.25) is 5.02 Å². The van der Waals surface area contributed by atoms with Gasteiger partial charge in [0.15, 0.2) is 11.5 Å². The molecule has 0 aliphatic carbocycles. The Morgan fingerprint density at radius 1 is 1.00 bits per heavy atom. The van der Waals surface area contributed by atoms with Gasteiger partial charge >= 0.3 is 0 Å². The van der Waals surface area contributed by atoms with Crippen LogP contribution in [0.25, 0.3) is 16.9 Å². The monoisotopic (exact) mass is 350 g/mol. The van der Waals surface area contributed by atoms with Crippen LogP contribution in [0.1, 0.15) is 10.6 Å². The fourth-order valence-electron chi connectivity index (χ4n) is 2.38. The molecule has 25 heavy (non-hydrogen) atoms. The minimum atomic E-state index is -0.438. The van der Waals surface area contributed by atoms with E-state index in [0.717, 1.165) is 11.3 Å². The number of rotatable bonds is 3. The molecule has 1 N–H and O–H groups in total. The molecule has 122 valence electrons. The molecule has 4 rings (SSSR count). The maximum absolute atomic E-state index is 12.2. The Bertz CT molecular complexity index is 1060. The summed E-state index contributed by atoms with van der Waals surface area (Å²) in [6, 6.07) is 12.5. The van der Waals surface area contributed by atoms with Gasteiger partial charge in [0.1, 0.15) is 0 Å². The van der Waals surface area contributed by atoms with E-state index in [0.29, 0.717) is 16.5 Å². The SMILES string of the molecule is O=C(Nc1ccc2ncc(-c3ccccc3Cl)n2n1)c1ncccn1. The van der Waals surface area contributed by atoms with Gasteiger partial charge in [-0.05, 0) is 24.3 Å². The van der Waals surface area contributed by atoms with Gasteiger partial charge < -0.3 is 5.32 Å².